The van der Waals surface area contributed by atoms with E-state index in [2.05, 4.69) is 15.5 Å². The van der Waals surface area contributed by atoms with E-state index in [9.17, 15) is 8.42 Å². The lowest BCUT2D eigenvalue weighted by Gasteiger charge is -1.90. The molecule has 0 saturated carbocycles. The van der Waals surface area contributed by atoms with Gasteiger partial charge in [0.1, 0.15) is 12.1 Å². The number of amidine groups is 1. The smallest absolute Gasteiger partial charge is 0.167 e. The van der Waals surface area contributed by atoms with Gasteiger partial charge < -0.3 is 0 Å². The Morgan fingerprint density at radius 2 is 2.30 bits per heavy atom. The van der Waals surface area contributed by atoms with Gasteiger partial charge in [-0.25, -0.2) is 13.4 Å². The third-order valence-corrected chi connectivity index (χ3v) is 1.61. The Morgan fingerprint density at radius 1 is 1.60 bits per heavy atom. The first-order valence-corrected chi connectivity index (χ1v) is 4.61. The van der Waals surface area contributed by atoms with Crippen LogP contribution in [0, 0.1) is 0 Å². The lowest BCUT2D eigenvalue weighted by molar-refractivity contribution is 0.605. The van der Waals surface area contributed by atoms with Gasteiger partial charge in [0.15, 0.2) is 15.7 Å². The minimum atomic E-state index is -3.01. The number of sulfone groups is 1. The minimum Gasteiger partial charge on any atom is -0.229 e. The summed E-state index contributed by atoms with van der Waals surface area (Å²) >= 11 is 0. The Morgan fingerprint density at radius 3 is 2.70 bits per heavy atom. The van der Waals surface area contributed by atoms with Crippen molar-refractivity contribution in [1.29, 1.82) is 0 Å². The first-order valence-electron chi connectivity index (χ1n) is 2.55. The van der Waals surface area contributed by atoms with E-state index in [1.54, 1.807) is 0 Å². The van der Waals surface area contributed by atoms with E-state index in [-0.39, 0.29) is 11.6 Å². The average molecular weight is 160 g/mol. The second-order valence-electron chi connectivity index (χ2n) is 1.95. The van der Waals surface area contributed by atoms with Crippen molar-refractivity contribution >= 4 is 22.0 Å². The van der Waals surface area contributed by atoms with E-state index in [4.69, 9.17) is 0 Å². The van der Waals surface area contributed by atoms with Crippen LogP contribution in [-0.2, 0) is 9.84 Å². The molecule has 1 radical (unpaired) electrons. The molecule has 0 aromatic rings. The molecule has 0 unspecified atom stereocenters. The van der Waals surface area contributed by atoms with Gasteiger partial charge in [0, 0.05) is 6.26 Å². The summed E-state index contributed by atoms with van der Waals surface area (Å²) < 4.78 is 21.2. The molecule has 0 atom stereocenters. The summed E-state index contributed by atoms with van der Waals surface area (Å²) in [7, 11) is -3.01. The van der Waals surface area contributed by atoms with E-state index in [0.29, 0.717) is 0 Å². The van der Waals surface area contributed by atoms with E-state index < -0.39 is 9.84 Å². The molecule has 0 bridgehead atoms. The van der Waals surface area contributed by atoms with Crippen LogP contribution in [0.3, 0.4) is 0 Å². The number of aliphatic imine (C=N–C) groups is 1. The molecule has 0 N–H and O–H groups in total. The fourth-order valence-corrected chi connectivity index (χ4v) is 1.11. The molecular formula is C4H6N3O2S. The number of rotatable bonds is 2. The zero-order valence-corrected chi connectivity index (χ0v) is 6.17. The van der Waals surface area contributed by atoms with Gasteiger partial charge in [0.05, 0.1) is 0 Å². The zero-order chi connectivity index (χ0) is 7.61. The quantitative estimate of drug-likeness (QED) is 0.519. The van der Waals surface area contributed by atoms with Crippen LogP contribution in [0.1, 0.15) is 0 Å². The Labute approximate surface area is 58.8 Å². The third kappa shape index (κ3) is 2.14. The highest BCUT2D eigenvalue weighted by Gasteiger charge is 2.09. The summed E-state index contributed by atoms with van der Waals surface area (Å²) in [6, 6.07) is 0. The predicted octanol–water partition coefficient (Wildman–Crippen LogP) is -1.01. The number of hydrogen-bond donors (Lipinski definition) is 0. The first kappa shape index (κ1) is 7.20. The Hall–Kier alpha value is -0.910. The van der Waals surface area contributed by atoms with Gasteiger partial charge in [-0.05, 0) is 0 Å². The predicted molar refractivity (Wildman–Crippen MR) is 37.8 cm³/mol. The largest absolute Gasteiger partial charge is 0.229 e. The van der Waals surface area contributed by atoms with Crippen LogP contribution < -0.4 is 5.43 Å². The van der Waals surface area contributed by atoms with E-state index >= 15 is 0 Å². The molecule has 0 spiro atoms. The zero-order valence-electron chi connectivity index (χ0n) is 5.35. The summed E-state index contributed by atoms with van der Waals surface area (Å²) in [5.41, 5.74) is 3.38. The van der Waals surface area contributed by atoms with Gasteiger partial charge in [-0.3, -0.25) is 0 Å². The molecule has 0 aromatic heterocycles. The highest BCUT2D eigenvalue weighted by molar-refractivity contribution is 7.91. The van der Waals surface area contributed by atoms with Crippen molar-refractivity contribution in [3.8, 4) is 0 Å². The number of nitrogens with zero attached hydrogens (tertiary/aromatic N) is 3. The Balaban J connectivity index is 2.63. The van der Waals surface area contributed by atoms with Crippen LogP contribution in [0.15, 0.2) is 10.1 Å². The van der Waals surface area contributed by atoms with Crippen molar-refractivity contribution in [2.75, 3.05) is 12.0 Å². The van der Waals surface area contributed by atoms with E-state index in [0.717, 1.165) is 6.26 Å². The molecule has 55 valence electrons. The molecule has 0 fully saturated rings. The van der Waals surface area contributed by atoms with Crippen LogP contribution in [0.5, 0.6) is 0 Å². The summed E-state index contributed by atoms with van der Waals surface area (Å²) in [5, 5.41) is 3.46. The normalized spacial score (nSPS) is 16.7. The maximum atomic E-state index is 10.6. The molecule has 1 aliphatic heterocycles. The Bertz CT molecular complexity index is 277. The lowest BCUT2D eigenvalue weighted by atomic mass is 10.7. The van der Waals surface area contributed by atoms with Crippen LogP contribution >= 0.6 is 0 Å². The van der Waals surface area contributed by atoms with Gasteiger partial charge in [-0.2, -0.15) is 0 Å². The van der Waals surface area contributed by atoms with E-state index in [1.807, 2.05) is 0 Å². The molecule has 0 amide bonds. The fraction of sp³-hybridized carbons (Fsp3) is 0.500. The highest BCUT2D eigenvalue weighted by Crippen LogP contribution is 1.91. The molecule has 1 rings (SSSR count). The standard InChI is InChI=1S/C4H6N3O2S/c1-10(8,9)2-4-5-3-6-7-4/h3H,2H2,1H3. The van der Waals surface area contributed by atoms with Crippen LogP contribution in [0.4, 0.5) is 0 Å². The SMILES string of the molecule is CS(=O)(=O)CC1=N[N]C=N1. The molecule has 5 nitrogen and oxygen atoms in total. The van der Waals surface area contributed by atoms with Crippen molar-refractivity contribution in [2.45, 2.75) is 0 Å². The van der Waals surface area contributed by atoms with Gasteiger partial charge in [-0.15, -0.1) is 10.5 Å². The van der Waals surface area contributed by atoms with Crippen molar-refractivity contribution in [1.82, 2.24) is 5.43 Å². The highest BCUT2D eigenvalue weighted by atomic mass is 32.2. The van der Waals surface area contributed by atoms with Gasteiger partial charge >= 0.3 is 0 Å². The average Bonchev–Trinajstić information content (AvgIpc) is 2.12. The molecule has 1 heterocycles. The summed E-state index contributed by atoms with van der Waals surface area (Å²) in [6.07, 6.45) is 2.35. The van der Waals surface area contributed by atoms with Crippen LogP contribution in [0.2, 0.25) is 0 Å². The lowest BCUT2D eigenvalue weighted by Crippen LogP contribution is -2.11. The second-order valence-corrected chi connectivity index (χ2v) is 4.09. The van der Waals surface area contributed by atoms with Gasteiger partial charge in [0.25, 0.3) is 0 Å². The monoisotopic (exact) mass is 160 g/mol. The molecule has 6 heteroatoms. The van der Waals surface area contributed by atoms with Crippen LogP contribution in [0.25, 0.3) is 0 Å². The van der Waals surface area contributed by atoms with Crippen molar-refractivity contribution in [3.05, 3.63) is 0 Å². The van der Waals surface area contributed by atoms with E-state index in [1.165, 1.54) is 6.34 Å². The first-order chi connectivity index (χ1) is 4.58. The summed E-state index contributed by atoms with van der Waals surface area (Å²) in [6.45, 7) is 0. The minimum absolute atomic E-state index is 0.132. The van der Waals surface area contributed by atoms with Gasteiger partial charge in [0.2, 0.25) is 0 Å². The van der Waals surface area contributed by atoms with Crippen molar-refractivity contribution in [2.24, 2.45) is 10.1 Å². The van der Waals surface area contributed by atoms with Crippen molar-refractivity contribution in [3.63, 3.8) is 0 Å². The molecular weight excluding hydrogens is 154 g/mol. The van der Waals surface area contributed by atoms with Crippen molar-refractivity contribution < 1.29 is 8.42 Å². The third-order valence-electron chi connectivity index (χ3n) is 0.823. The summed E-state index contributed by atoms with van der Waals surface area (Å²) in [5.74, 6) is 0.120. The topological polar surface area (TPSA) is 73.0 Å². The maximum Gasteiger partial charge on any atom is 0.167 e. The van der Waals surface area contributed by atoms with Crippen LogP contribution in [-0.4, -0.2) is 32.6 Å². The molecule has 1 aliphatic rings. The van der Waals surface area contributed by atoms with Gasteiger partial charge in [-0.1, -0.05) is 0 Å². The Kier molecular flexibility index (Phi) is 1.71. The maximum absolute atomic E-state index is 10.6. The molecule has 10 heavy (non-hydrogen) atoms. The second kappa shape index (κ2) is 2.37. The molecule has 0 aromatic carbocycles. The molecule has 0 aliphatic carbocycles. The number of hydrogen-bond acceptors (Lipinski definition) is 4. The summed E-state index contributed by atoms with van der Waals surface area (Å²) in [4.78, 5) is 3.60. The fourth-order valence-electron chi connectivity index (χ4n) is 0.511. The molecule has 0 saturated heterocycles.